The number of nitrogens with zero attached hydrogens (tertiary/aromatic N) is 2. The molecule has 0 radical (unpaired) electrons. The quantitative estimate of drug-likeness (QED) is 0.573. The van der Waals surface area contributed by atoms with Crippen molar-refractivity contribution >= 4 is 17.6 Å². The molecule has 0 aliphatic rings. The number of aliphatic imine (C=N–C) groups is 1. The average Bonchev–Trinajstić information content (AvgIpc) is 2.51. The molecule has 0 unspecified atom stereocenters. The van der Waals surface area contributed by atoms with E-state index in [1.165, 1.54) is 12.0 Å². The molecule has 0 bridgehead atoms. The Kier molecular flexibility index (Phi) is 8.87. The van der Waals surface area contributed by atoms with Gasteiger partial charge in [-0.25, -0.2) is 0 Å². The molecule has 4 nitrogen and oxygen atoms in total. The highest BCUT2D eigenvalue weighted by Gasteiger charge is 2.02. The molecule has 1 rings (SSSR count). The lowest BCUT2D eigenvalue weighted by Gasteiger charge is -2.20. The summed E-state index contributed by atoms with van der Waals surface area (Å²) in [7, 11) is 1.79. The molecule has 1 aromatic carbocycles. The first-order chi connectivity index (χ1) is 10.2. The van der Waals surface area contributed by atoms with E-state index < -0.39 is 0 Å². The number of likely N-dealkylation sites (N-methyl/N-ethyl adjacent to an activating group) is 1. The van der Waals surface area contributed by atoms with Crippen molar-refractivity contribution in [2.24, 2.45) is 4.99 Å². The van der Waals surface area contributed by atoms with Gasteiger partial charge in [-0.15, -0.1) is 0 Å². The lowest BCUT2D eigenvalue weighted by Crippen LogP contribution is -2.41. The normalized spacial score (nSPS) is 11.8. The van der Waals surface area contributed by atoms with Crippen LogP contribution >= 0.6 is 11.6 Å². The molecule has 0 heterocycles. The molecule has 2 N–H and O–H groups in total. The third-order valence-corrected chi connectivity index (χ3v) is 3.56. The number of hydrogen-bond acceptors (Lipinski definition) is 2. The molecule has 0 atom stereocenters. The fourth-order valence-corrected chi connectivity index (χ4v) is 2.21. The van der Waals surface area contributed by atoms with Crippen LogP contribution in [0.2, 0.25) is 5.02 Å². The van der Waals surface area contributed by atoms with E-state index >= 15 is 0 Å². The zero-order valence-electron chi connectivity index (χ0n) is 13.3. The van der Waals surface area contributed by atoms with Crippen LogP contribution in [0.1, 0.15) is 25.8 Å². The fraction of sp³-hybridized carbons (Fsp3) is 0.562. The number of benzene rings is 1. The van der Waals surface area contributed by atoms with Gasteiger partial charge in [-0.05, 0) is 37.2 Å². The van der Waals surface area contributed by atoms with Crippen molar-refractivity contribution in [1.29, 1.82) is 0 Å². The molecule has 0 saturated heterocycles. The largest absolute Gasteiger partial charge is 0.355 e. The highest BCUT2D eigenvalue weighted by molar-refractivity contribution is 6.30. The zero-order chi connectivity index (χ0) is 15.5. The van der Waals surface area contributed by atoms with Crippen LogP contribution < -0.4 is 10.6 Å². The Balaban J connectivity index is 2.30. The average molecular weight is 311 g/mol. The number of hydrogen-bond donors (Lipinski definition) is 2. The van der Waals surface area contributed by atoms with Crippen molar-refractivity contribution < 1.29 is 0 Å². The molecular formula is C16H27ClN4. The van der Waals surface area contributed by atoms with Crippen molar-refractivity contribution in [3.8, 4) is 0 Å². The maximum absolute atomic E-state index is 5.88. The van der Waals surface area contributed by atoms with Crippen LogP contribution in [0.3, 0.4) is 0 Å². The molecule has 0 spiro atoms. The third-order valence-electron chi connectivity index (χ3n) is 3.30. The minimum absolute atomic E-state index is 0.739. The molecule has 5 heteroatoms. The molecule has 0 amide bonds. The Hall–Kier alpha value is -1.26. The maximum atomic E-state index is 5.88. The molecule has 1 aromatic rings. The van der Waals surface area contributed by atoms with E-state index in [4.69, 9.17) is 11.6 Å². The first-order valence-corrected chi connectivity index (χ1v) is 7.98. The van der Waals surface area contributed by atoms with Crippen molar-refractivity contribution in [2.45, 2.75) is 26.8 Å². The Labute approximate surface area is 133 Å². The van der Waals surface area contributed by atoms with Crippen molar-refractivity contribution in [1.82, 2.24) is 15.5 Å². The van der Waals surface area contributed by atoms with E-state index in [1.54, 1.807) is 7.05 Å². The predicted octanol–water partition coefficient (Wildman–Crippen LogP) is 2.74. The number of nitrogens with one attached hydrogen (secondary N) is 2. The fourth-order valence-electron chi connectivity index (χ4n) is 2.09. The lowest BCUT2D eigenvalue weighted by molar-refractivity contribution is 0.293. The van der Waals surface area contributed by atoms with Crippen LogP contribution in [-0.4, -0.2) is 44.1 Å². The summed E-state index contributed by atoms with van der Waals surface area (Å²) < 4.78 is 0. The zero-order valence-corrected chi connectivity index (χ0v) is 14.1. The molecular weight excluding hydrogens is 284 g/mol. The second-order valence-corrected chi connectivity index (χ2v) is 5.35. The number of rotatable bonds is 8. The first kappa shape index (κ1) is 17.8. The van der Waals surface area contributed by atoms with Crippen LogP contribution in [0.15, 0.2) is 29.3 Å². The van der Waals surface area contributed by atoms with Gasteiger partial charge < -0.3 is 15.5 Å². The topological polar surface area (TPSA) is 39.7 Å². The highest BCUT2D eigenvalue weighted by Crippen LogP contribution is 2.08. The molecule has 21 heavy (non-hydrogen) atoms. The van der Waals surface area contributed by atoms with Crippen LogP contribution in [0.4, 0.5) is 0 Å². The number of guanidine groups is 1. The summed E-state index contributed by atoms with van der Waals surface area (Å²) in [5.41, 5.74) is 1.18. The molecule has 118 valence electrons. The Morgan fingerprint density at radius 1 is 1.14 bits per heavy atom. The second kappa shape index (κ2) is 10.5. The Bertz CT molecular complexity index is 417. The molecule has 0 fully saturated rings. The second-order valence-electron chi connectivity index (χ2n) is 4.91. The van der Waals surface area contributed by atoms with Crippen LogP contribution in [0.25, 0.3) is 0 Å². The first-order valence-electron chi connectivity index (χ1n) is 7.60. The summed E-state index contributed by atoms with van der Waals surface area (Å²) in [4.78, 5) is 6.67. The van der Waals surface area contributed by atoms with Gasteiger partial charge in [-0.1, -0.05) is 37.6 Å². The summed E-state index contributed by atoms with van der Waals surface area (Å²) in [6.45, 7) is 9.32. The van der Waals surface area contributed by atoms with Crippen LogP contribution in [0.5, 0.6) is 0 Å². The molecule has 0 aromatic heterocycles. The molecule has 0 aliphatic carbocycles. The third kappa shape index (κ3) is 7.34. The van der Waals surface area contributed by atoms with Gasteiger partial charge in [0, 0.05) is 31.7 Å². The smallest absolute Gasteiger partial charge is 0.191 e. The minimum atomic E-state index is 0.739. The van der Waals surface area contributed by atoms with Gasteiger partial charge in [0.25, 0.3) is 0 Å². The van der Waals surface area contributed by atoms with Crippen LogP contribution in [-0.2, 0) is 6.54 Å². The van der Waals surface area contributed by atoms with E-state index in [1.807, 2.05) is 24.3 Å². The van der Waals surface area contributed by atoms with Crippen molar-refractivity contribution in [3.05, 3.63) is 34.9 Å². The summed E-state index contributed by atoms with van der Waals surface area (Å²) in [5.74, 6) is 0.831. The van der Waals surface area contributed by atoms with E-state index in [-0.39, 0.29) is 0 Å². The van der Waals surface area contributed by atoms with E-state index in [2.05, 4.69) is 34.4 Å². The van der Waals surface area contributed by atoms with Gasteiger partial charge in [0.15, 0.2) is 5.96 Å². The van der Waals surface area contributed by atoms with Gasteiger partial charge in [0.2, 0.25) is 0 Å². The van der Waals surface area contributed by atoms with Gasteiger partial charge in [-0.3, -0.25) is 4.99 Å². The minimum Gasteiger partial charge on any atom is -0.355 e. The molecule has 0 aliphatic heterocycles. The SMILES string of the molecule is CCCN(CC)CCNC(=NC)NCc1ccc(Cl)cc1. The van der Waals surface area contributed by atoms with Crippen LogP contribution in [0, 0.1) is 0 Å². The van der Waals surface area contributed by atoms with E-state index in [9.17, 15) is 0 Å². The lowest BCUT2D eigenvalue weighted by atomic mass is 10.2. The number of halogens is 1. The van der Waals surface area contributed by atoms with Crippen molar-refractivity contribution in [2.75, 3.05) is 33.2 Å². The maximum Gasteiger partial charge on any atom is 0.191 e. The summed E-state index contributed by atoms with van der Waals surface area (Å²) in [6, 6.07) is 7.84. The Morgan fingerprint density at radius 3 is 2.43 bits per heavy atom. The van der Waals surface area contributed by atoms with E-state index in [0.29, 0.717) is 0 Å². The van der Waals surface area contributed by atoms with Gasteiger partial charge >= 0.3 is 0 Å². The predicted molar refractivity (Wildman–Crippen MR) is 92.1 cm³/mol. The van der Waals surface area contributed by atoms with Gasteiger partial charge in [-0.2, -0.15) is 0 Å². The standard InChI is InChI=1S/C16H27ClN4/c1-4-11-21(5-2)12-10-19-16(18-3)20-13-14-6-8-15(17)9-7-14/h6-9H,4-5,10-13H2,1-3H3,(H2,18,19,20). The molecule has 0 saturated carbocycles. The van der Waals surface area contributed by atoms with Crippen molar-refractivity contribution in [3.63, 3.8) is 0 Å². The van der Waals surface area contributed by atoms with E-state index in [0.717, 1.165) is 43.7 Å². The highest BCUT2D eigenvalue weighted by atomic mass is 35.5. The monoisotopic (exact) mass is 310 g/mol. The summed E-state index contributed by atoms with van der Waals surface area (Å²) in [6.07, 6.45) is 1.19. The Morgan fingerprint density at radius 2 is 1.86 bits per heavy atom. The van der Waals surface area contributed by atoms with Gasteiger partial charge in [0.1, 0.15) is 0 Å². The summed E-state index contributed by atoms with van der Waals surface area (Å²) >= 11 is 5.88. The van der Waals surface area contributed by atoms with Gasteiger partial charge in [0.05, 0.1) is 0 Å². The summed E-state index contributed by atoms with van der Waals surface area (Å²) in [5, 5.41) is 7.41.